The fourth-order valence-electron chi connectivity index (χ4n) is 5.48. The van der Waals surface area contributed by atoms with Gasteiger partial charge in [-0.25, -0.2) is 15.0 Å². The number of anilines is 3. The number of benzene rings is 2. The smallest absolute Gasteiger partial charge is 0.151 e. The molecule has 1 saturated heterocycles. The summed E-state index contributed by atoms with van der Waals surface area (Å²) in [5.74, 6) is 1.41. The van der Waals surface area contributed by atoms with Gasteiger partial charge in [0.1, 0.15) is 17.5 Å². The predicted octanol–water partition coefficient (Wildman–Crippen LogP) is 6.20. The van der Waals surface area contributed by atoms with Crippen LogP contribution in [0.25, 0.3) is 10.9 Å². The summed E-state index contributed by atoms with van der Waals surface area (Å²) < 4.78 is 0. The minimum Gasteiger partial charge on any atom is -0.370 e. The number of fused-ring (bicyclic) bond motifs is 1. The molecule has 39 heavy (non-hydrogen) atoms. The van der Waals surface area contributed by atoms with Crippen molar-refractivity contribution in [2.24, 2.45) is 0 Å². The molecule has 200 valence electrons. The van der Waals surface area contributed by atoms with E-state index in [0.29, 0.717) is 23.8 Å². The standard InChI is InChI=1S/C32H37N7/c1-21-18-22(2)35-29(34-21)19-23-10-12-24(13-11-23)36-31-27(20-33)30(26-8-6-7-9-28(26)37-31)39-16-14-25(15-17-39)38-32(3,4)5/h6-13,18,25,38H,14-17,19H2,1-5H3,(H,36,37). The molecule has 1 aliphatic rings. The number of pyridine rings is 1. The third kappa shape index (κ3) is 6.35. The third-order valence-electron chi connectivity index (χ3n) is 7.03. The predicted molar refractivity (Wildman–Crippen MR) is 159 cm³/mol. The molecule has 1 aliphatic heterocycles. The summed E-state index contributed by atoms with van der Waals surface area (Å²) in [4.78, 5) is 16.4. The zero-order valence-corrected chi connectivity index (χ0v) is 23.5. The number of hydrogen-bond acceptors (Lipinski definition) is 7. The van der Waals surface area contributed by atoms with Gasteiger partial charge in [-0.15, -0.1) is 0 Å². The first-order chi connectivity index (χ1) is 18.7. The summed E-state index contributed by atoms with van der Waals surface area (Å²) >= 11 is 0. The summed E-state index contributed by atoms with van der Waals surface area (Å²) in [6.45, 7) is 12.4. The molecule has 0 aliphatic carbocycles. The van der Waals surface area contributed by atoms with Gasteiger partial charge in [-0.05, 0) is 77.3 Å². The number of piperidine rings is 1. The number of nitrogens with one attached hydrogen (secondary N) is 2. The van der Waals surface area contributed by atoms with Crippen molar-refractivity contribution in [3.05, 3.63) is 82.9 Å². The van der Waals surface area contributed by atoms with Crippen LogP contribution in [-0.4, -0.2) is 39.6 Å². The topological polar surface area (TPSA) is 89.8 Å². The number of hydrogen-bond donors (Lipinski definition) is 2. The van der Waals surface area contributed by atoms with Crippen molar-refractivity contribution in [3.8, 4) is 6.07 Å². The van der Waals surface area contributed by atoms with E-state index in [1.807, 2.05) is 50.2 Å². The second-order valence-corrected chi connectivity index (χ2v) is 11.5. The molecule has 0 spiro atoms. The van der Waals surface area contributed by atoms with Gasteiger partial charge >= 0.3 is 0 Å². The van der Waals surface area contributed by atoms with Crippen LogP contribution in [0.1, 0.15) is 62.0 Å². The zero-order chi connectivity index (χ0) is 27.6. The Morgan fingerprint density at radius 2 is 1.62 bits per heavy atom. The average Bonchev–Trinajstić information content (AvgIpc) is 2.88. The molecule has 0 atom stereocenters. The number of nitrogens with zero attached hydrogens (tertiary/aromatic N) is 5. The van der Waals surface area contributed by atoms with Crippen molar-refractivity contribution in [1.82, 2.24) is 20.3 Å². The highest BCUT2D eigenvalue weighted by atomic mass is 15.2. The van der Waals surface area contributed by atoms with Crippen LogP contribution < -0.4 is 15.5 Å². The van der Waals surface area contributed by atoms with Gasteiger partial charge in [0.15, 0.2) is 5.82 Å². The minimum atomic E-state index is 0.0899. The van der Waals surface area contributed by atoms with Gasteiger partial charge in [-0.3, -0.25) is 0 Å². The molecule has 0 saturated carbocycles. The van der Waals surface area contributed by atoms with E-state index in [-0.39, 0.29) is 5.54 Å². The van der Waals surface area contributed by atoms with E-state index in [0.717, 1.165) is 71.0 Å². The molecule has 7 heteroatoms. The van der Waals surface area contributed by atoms with Gasteiger partial charge in [0.2, 0.25) is 0 Å². The first-order valence-electron chi connectivity index (χ1n) is 13.7. The first kappa shape index (κ1) is 26.6. The molecule has 4 aromatic rings. The molecular formula is C32H37N7. The average molecular weight is 520 g/mol. The molecule has 0 radical (unpaired) electrons. The fourth-order valence-corrected chi connectivity index (χ4v) is 5.48. The maximum Gasteiger partial charge on any atom is 0.151 e. The fraction of sp³-hybridized carbons (Fsp3) is 0.375. The van der Waals surface area contributed by atoms with Gasteiger partial charge in [-0.2, -0.15) is 5.26 Å². The third-order valence-corrected chi connectivity index (χ3v) is 7.03. The van der Waals surface area contributed by atoms with Crippen LogP contribution >= 0.6 is 0 Å². The minimum absolute atomic E-state index is 0.0899. The molecule has 5 rings (SSSR count). The molecular weight excluding hydrogens is 482 g/mol. The lowest BCUT2D eigenvalue weighted by atomic mass is 9.98. The van der Waals surface area contributed by atoms with Gasteiger partial charge in [-0.1, -0.05) is 30.3 Å². The summed E-state index contributed by atoms with van der Waals surface area (Å²) in [5, 5.41) is 18.5. The molecule has 2 aromatic heterocycles. The SMILES string of the molecule is Cc1cc(C)nc(Cc2ccc(Nc3nc4ccccc4c(N4CCC(NC(C)(C)C)CC4)c3C#N)cc2)n1. The lowest BCUT2D eigenvalue weighted by Gasteiger charge is -2.38. The lowest BCUT2D eigenvalue weighted by Crippen LogP contribution is -2.49. The highest BCUT2D eigenvalue weighted by Gasteiger charge is 2.27. The van der Waals surface area contributed by atoms with Gasteiger partial charge in [0.25, 0.3) is 0 Å². The summed E-state index contributed by atoms with van der Waals surface area (Å²) in [6.07, 6.45) is 2.74. The van der Waals surface area contributed by atoms with Crippen molar-refractivity contribution in [3.63, 3.8) is 0 Å². The van der Waals surface area contributed by atoms with Crippen molar-refractivity contribution in [1.29, 1.82) is 5.26 Å². The Morgan fingerprint density at radius 1 is 0.949 bits per heavy atom. The second-order valence-electron chi connectivity index (χ2n) is 11.5. The number of aryl methyl sites for hydroxylation is 2. The van der Waals surface area contributed by atoms with E-state index in [9.17, 15) is 5.26 Å². The van der Waals surface area contributed by atoms with Gasteiger partial charge in [0.05, 0.1) is 11.2 Å². The van der Waals surface area contributed by atoms with Crippen molar-refractivity contribution in [2.75, 3.05) is 23.3 Å². The van der Waals surface area contributed by atoms with Gasteiger partial charge in [0, 0.05) is 53.6 Å². The van der Waals surface area contributed by atoms with Crippen molar-refractivity contribution < 1.29 is 0 Å². The molecule has 2 N–H and O–H groups in total. The number of para-hydroxylation sites is 1. The molecule has 0 bridgehead atoms. The lowest BCUT2D eigenvalue weighted by molar-refractivity contribution is 0.317. The first-order valence-corrected chi connectivity index (χ1v) is 13.7. The number of nitriles is 1. The highest BCUT2D eigenvalue weighted by Crippen LogP contribution is 2.36. The van der Waals surface area contributed by atoms with Crippen LogP contribution in [0.5, 0.6) is 0 Å². The largest absolute Gasteiger partial charge is 0.370 e. The van der Waals surface area contributed by atoms with E-state index >= 15 is 0 Å². The van der Waals surface area contributed by atoms with Crippen LogP contribution in [-0.2, 0) is 6.42 Å². The molecule has 3 heterocycles. The molecule has 1 fully saturated rings. The van der Waals surface area contributed by atoms with Crippen LogP contribution in [0.15, 0.2) is 54.6 Å². The summed E-state index contributed by atoms with van der Waals surface area (Å²) in [7, 11) is 0. The number of aromatic nitrogens is 3. The molecule has 0 amide bonds. The Kier molecular flexibility index (Phi) is 7.49. The van der Waals surface area contributed by atoms with Crippen LogP contribution in [0.3, 0.4) is 0 Å². The zero-order valence-electron chi connectivity index (χ0n) is 23.5. The van der Waals surface area contributed by atoms with E-state index in [4.69, 9.17) is 4.98 Å². The van der Waals surface area contributed by atoms with E-state index < -0.39 is 0 Å². The molecule has 7 nitrogen and oxygen atoms in total. The molecule has 2 aromatic carbocycles. The Labute approximate surface area is 231 Å². The van der Waals surface area contributed by atoms with Crippen LogP contribution in [0.4, 0.5) is 17.2 Å². The monoisotopic (exact) mass is 519 g/mol. The summed E-state index contributed by atoms with van der Waals surface area (Å²) in [6, 6.07) is 21.3. The van der Waals surface area contributed by atoms with Crippen molar-refractivity contribution in [2.45, 2.75) is 65.5 Å². The maximum atomic E-state index is 10.3. The van der Waals surface area contributed by atoms with E-state index in [2.05, 4.69) is 70.5 Å². The van der Waals surface area contributed by atoms with Crippen LogP contribution in [0.2, 0.25) is 0 Å². The number of rotatable bonds is 6. The Morgan fingerprint density at radius 3 is 2.26 bits per heavy atom. The Hall–Kier alpha value is -4.02. The van der Waals surface area contributed by atoms with Gasteiger partial charge < -0.3 is 15.5 Å². The Bertz CT molecular complexity index is 1480. The molecule has 0 unspecified atom stereocenters. The maximum absolute atomic E-state index is 10.3. The summed E-state index contributed by atoms with van der Waals surface area (Å²) in [5.41, 5.74) is 6.51. The van der Waals surface area contributed by atoms with E-state index in [1.54, 1.807) is 0 Å². The van der Waals surface area contributed by atoms with Crippen molar-refractivity contribution >= 4 is 28.1 Å². The highest BCUT2D eigenvalue weighted by molar-refractivity contribution is 5.98. The normalized spacial score (nSPS) is 14.4. The quantitative estimate of drug-likeness (QED) is 0.313. The van der Waals surface area contributed by atoms with E-state index in [1.165, 1.54) is 0 Å². The second kappa shape index (κ2) is 11.0. The van der Waals surface area contributed by atoms with Crippen LogP contribution in [0, 0.1) is 25.2 Å². The Balaban J connectivity index is 1.41.